The number of benzene rings is 1. The van der Waals surface area contributed by atoms with E-state index < -0.39 is 0 Å². The number of carbonyl (C=O) groups excluding carboxylic acids is 1. The minimum atomic E-state index is -0.275. The molecule has 0 atom stereocenters. The van der Waals surface area contributed by atoms with Gasteiger partial charge in [0.25, 0.3) is 5.56 Å². The third-order valence-corrected chi connectivity index (χ3v) is 6.68. The number of aryl methyl sites for hydroxylation is 2. The molecule has 1 saturated heterocycles. The van der Waals surface area contributed by atoms with Crippen LogP contribution in [0, 0.1) is 13.8 Å². The normalized spacial score (nSPS) is 14.6. The molecule has 3 aromatic rings. The molecule has 1 N–H and O–H groups in total. The lowest BCUT2D eigenvalue weighted by Crippen LogP contribution is -2.33. The van der Waals surface area contributed by atoms with Crippen molar-refractivity contribution in [3.63, 3.8) is 0 Å². The van der Waals surface area contributed by atoms with Gasteiger partial charge in [-0.1, -0.05) is 17.7 Å². The number of likely N-dealkylation sites (tertiary alicyclic amines) is 1. The van der Waals surface area contributed by atoms with Crippen LogP contribution in [0.15, 0.2) is 29.1 Å². The Labute approximate surface area is 178 Å². The standard InChI is InChI=1S/C21H23ClN4O2S/c1-13-14(2)29-20-19(13)21(28)26(17(24-20)11-25-8-3-4-9-25)12-18(27)23-16-7-5-6-15(22)10-16/h5-7,10H,3-4,8-9,11-12H2,1-2H3,(H,23,27). The molecule has 0 radical (unpaired) electrons. The van der Waals surface area contributed by atoms with Gasteiger partial charge in [0.2, 0.25) is 5.91 Å². The quantitative estimate of drug-likeness (QED) is 0.665. The highest BCUT2D eigenvalue weighted by atomic mass is 35.5. The van der Waals surface area contributed by atoms with E-state index in [9.17, 15) is 9.59 Å². The summed E-state index contributed by atoms with van der Waals surface area (Å²) in [5, 5.41) is 3.99. The third-order valence-electron chi connectivity index (χ3n) is 5.34. The Morgan fingerprint density at radius 3 is 2.76 bits per heavy atom. The van der Waals surface area contributed by atoms with Gasteiger partial charge in [-0.05, 0) is 63.5 Å². The lowest BCUT2D eigenvalue weighted by atomic mass is 10.2. The van der Waals surface area contributed by atoms with E-state index in [0.717, 1.165) is 41.2 Å². The number of nitrogens with zero attached hydrogens (tertiary/aromatic N) is 3. The number of rotatable bonds is 5. The van der Waals surface area contributed by atoms with Gasteiger partial charge in [0.05, 0.1) is 11.9 Å². The van der Waals surface area contributed by atoms with E-state index in [-0.39, 0.29) is 18.0 Å². The van der Waals surface area contributed by atoms with Gasteiger partial charge in [-0.15, -0.1) is 11.3 Å². The van der Waals surface area contributed by atoms with E-state index >= 15 is 0 Å². The van der Waals surface area contributed by atoms with E-state index in [4.69, 9.17) is 16.6 Å². The van der Waals surface area contributed by atoms with Gasteiger partial charge in [-0.3, -0.25) is 19.1 Å². The third kappa shape index (κ3) is 4.22. The van der Waals surface area contributed by atoms with Crippen molar-refractivity contribution in [3.8, 4) is 0 Å². The van der Waals surface area contributed by atoms with Crippen LogP contribution in [0.2, 0.25) is 5.02 Å². The summed E-state index contributed by atoms with van der Waals surface area (Å²) in [6.07, 6.45) is 2.30. The van der Waals surface area contributed by atoms with Crippen LogP contribution in [-0.4, -0.2) is 33.4 Å². The molecule has 1 aliphatic rings. The number of amides is 1. The highest BCUT2D eigenvalue weighted by Gasteiger charge is 2.21. The van der Waals surface area contributed by atoms with Crippen LogP contribution in [0.5, 0.6) is 0 Å². The molecule has 6 nitrogen and oxygen atoms in total. The molecule has 1 aliphatic heterocycles. The van der Waals surface area contributed by atoms with Crippen molar-refractivity contribution in [2.24, 2.45) is 0 Å². The zero-order valence-electron chi connectivity index (χ0n) is 16.5. The molecule has 3 heterocycles. The number of anilines is 1. The van der Waals surface area contributed by atoms with Gasteiger partial charge in [-0.2, -0.15) is 0 Å². The van der Waals surface area contributed by atoms with Crippen molar-refractivity contribution >= 4 is 44.7 Å². The molecule has 1 fully saturated rings. The van der Waals surface area contributed by atoms with E-state index in [0.29, 0.717) is 28.5 Å². The number of fused-ring (bicyclic) bond motifs is 1. The monoisotopic (exact) mass is 430 g/mol. The number of halogens is 1. The molecule has 2 aromatic heterocycles. The van der Waals surface area contributed by atoms with Crippen molar-refractivity contribution in [1.29, 1.82) is 0 Å². The summed E-state index contributed by atoms with van der Waals surface area (Å²) < 4.78 is 1.53. The van der Waals surface area contributed by atoms with Crippen LogP contribution < -0.4 is 10.9 Å². The summed E-state index contributed by atoms with van der Waals surface area (Å²) in [5.74, 6) is 0.370. The Hall–Kier alpha value is -2.22. The average Bonchev–Trinajstić information content (AvgIpc) is 3.27. The first-order valence-corrected chi connectivity index (χ1v) is 10.9. The molecule has 0 bridgehead atoms. The number of thiophene rings is 1. The van der Waals surface area contributed by atoms with Gasteiger partial charge in [0.15, 0.2) is 0 Å². The van der Waals surface area contributed by atoms with Crippen LogP contribution in [0.4, 0.5) is 5.69 Å². The van der Waals surface area contributed by atoms with Crippen LogP contribution in [0.1, 0.15) is 29.1 Å². The fourth-order valence-corrected chi connectivity index (χ4v) is 4.93. The molecule has 29 heavy (non-hydrogen) atoms. The maximum absolute atomic E-state index is 13.3. The van der Waals surface area contributed by atoms with Gasteiger partial charge in [0.1, 0.15) is 17.2 Å². The van der Waals surface area contributed by atoms with Crippen LogP contribution in [0.25, 0.3) is 10.2 Å². The van der Waals surface area contributed by atoms with Crippen molar-refractivity contribution in [1.82, 2.24) is 14.5 Å². The van der Waals surface area contributed by atoms with Crippen molar-refractivity contribution in [2.45, 2.75) is 39.8 Å². The first-order chi connectivity index (χ1) is 13.9. The summed E-state index contributed by atoms with van der Waals surface area (Å²) in [6.45, 7) is 6.42. The summed E-state index contributed by atoms with van der Waals surface area (Å²) in [7, 11) is 0. The lowest BCUT2D eigenvalue weighted by molar-refractivity contribution is -0.116. The highest BCUT2D eigenvalue weighted by Crippen LogP contribution is 2.27. The molecule has 1 amide bonds. The first kappa shape index (κ1) is 20.1. The second-order valence-electron chi connectivity index (χ2n) is 7.42. The maximum Gasteiger partial charge on any atom is 0.263 e. The van der Waals surface area contributed by atoms with Crippen molar-refractivity contribution in [2.75, 3.05) is 18.4 Å². The van der Waals surface area contributed by atoms with Gasteiger partial charge in [0, 0.05) is 15.6 Å². The van der Waals surface area contributed by atoms with E-state index in [1.54, 1.807) is 24.3 Å². The van der Waals surface area contributed by atoms with Gasteiger partial charge >= 0.3 is 0 Å². The van der Waals surface area contributed by atoms with Crippen molar-refractivity contribution in [3.05, 3.63) is 55.9 Å². The summed E-state index contributed by atoms with van der Waals surface area (Å²) in [5.41, 5.74) is 1.40. The smallest absolute Gasteiger partial charge is 0.263 e. The van der Waals surface area contributed by atoms with Crippen LogP contribution in [0.3, 0.4) is 0 Å². The number of carbonyl (C=O) groups is 1. The Balaban J connectivity index is 1.70. The second-order valence-corrected chi connectivity index (χ2v) is 9.06. The predicted molar refractivity (Wildman–Crippen MR) is 118 cm³/mol. The molecule has 8 heteroatoms. The summed E-state index contributed by atoms with van der Waals surface area (Å²) in [6, 6.07) is 6.97. The van der Waals surface area contributed by atoms with E-state index in [1.165, 1.54) is 15.9 Å². The highest BCUT2D eigenvalue weighted by molar-refractivity contribution is 7.18. The second kappa shape index (κ2) is 8.26. The SMILES string of the molecule is Cc1sc2nc(CN3CCCC3)n(CC(=O)Nc3cccc(Cl)c3)c(=O)c2c1C. The van der Waals surface area contributed by atoms with Gasteiger partial charge < -0.3 is 5.32 Å². The fraction of sp³-hybridized carbons (Fsp3) is 0.381. The predicted octanol–water partition coefficient (Wildman–Crippen LogP) is 3.96. The molecule has 0 saturated carbocycles. The fourth-order valence-electron chi connectivity index (χ4n) is 3.70. The molecular formula is C21H23ClN4O2S. The molecule has 1 aromatic carbocycles. The number of hydrogen-bond acceptors (Lipinski definition) is 5. The minimum Gasteiger partial charge on any atom is -0.324 e. The van der Waals surface area contributed by atoms with E-state index in [1.807, 2.05) is 13.8 Å². The molecular weight excluding hydrogens is 408 g/mol. The maximum atomic E-state index is 13.3. The van der Waals surface area contributed by atoms with Crippen LogP contribution >= 0.6 is 22.9 Å². The van der Waals surface area contributed by atoms with E-state index in [2.05, 4.69) is 10.2 Å². The van der Waals surface area contributed by atoms with Gasteiger partial charge in [-0.25, -0.2) is 4.98 Å². The molecule has 0 unspecified atom stereocenters. The summed E-state index contributed by atoms with van der Waals surface area (Å²) in [4.78, 5) is 34.9. The number of nitrogens with one attached hydrogen (secondary N) is 1. The Kier molecular flexibility index (Phi) is 5.72. The number of hydrogen-bond donors (Lipinski definition) is 1. The molecule has 152 valence electrons. The minimum absolute atomic E-state index is 0.0776. The molecule has 0 aliphatic carbocycles. The van der Waals surface area contributed by atoms with Crippen molar-refractivity contribution < 1.29 is 4.79 Å². The average molecular weight is 431 g/mol. The number of aromatic nitrogens is 2. The Morgan fingerprint density at radius 1 is 1.28 bits per heavy atom. The molecule has 4 rings (SSSR count). The Morgan fingerprint density at radius 2 is 2.03 bits per heavy atom. The Bertz CT molecular complexity index is 1130. The largest absolute Gasteiger partial charge is 0.324 e. The lowest BCUT2D eigenvalue weighted by Gasteiger charge is -2.18. The zero-order chi connectivity index (χ0) is 20.5. The topological polar surface area (TPSA) is 67.2 Å². The molecule has 0 spiro atoms. The van der Waals surface area contributed by atoms with Crippen LogP contribution in [-0.2, 0) is 17.9 Å². The first-order valence-electron chi connectivity index (χ1n) is 9.69. The summed E-state index contributed by atoms with van der Waals surface area (Å²) >= 11 is 7.54. The zero-order valence-corrected chi connectivity index (χ0v) is 18.1.